The SMILES string of the molecule is CC1(C)CC/C(=C/C(=O)OC(C)(C)C)C1. The summed E-state index contributed by atoms with van der Waals surface area (Å²) in [6, 6.07) is 0. The lowest BCUT2D eigenvalue weighted by Crippen LogP contribution is -2.22. The molecule has 0 saturated heterocycles. The molecule has 0 radical (unpaired) electrons. The first-order chi connectivity index (χ1) is 6.68. The van der Waals surface area contributed by atoms with Crippen LogP contribution >= 0.6 is 0 Å². The molecule has 0 unspecified atom stereocenters. The summed E-state index contributed by atoms with van der Waals surface area (Å²) in [5.74, 6) is -0.199. The fourth-order valence-electron chi connectivity index (χ4n) is 1.91. The molecule has 86 valence electrons. The first kappa shape index (κ1) is 12.3. The van der Waals surface area contributed by atoms with E-state index in [2.05, 4.69) is 13.8 Å². The fourth-order valence-corrected chi connectivity index (χ4v) is 1.91. The molecule has 0 heterocycles. The van der Waals surface area contributed by atoms with Crippen LogP contribution in [0.25, 0.3) is 0 Å². The van der Waals surface area contributed by atoms with Crippen molar-refractivity contribution in [3.05, 3.63) is 11.6 Å². The van der Waals surface area contributed by atoms with E-state index < -0.39 is 0 Å². The van der Waals surface area contributed by atoms with Gasteiger partial charge in [-0.2, -0.15) is 0 Å². The zero-order valence-electron chi connectivity index (χ0n) is 10.5. The van der Waals surface area contributed by atoms with Crippen molar-refractivity contribution in [2.24, 2.45) is 5.41 Å². The average Bonchev–Trinajstić information content (AvgIpc) is 2.25. The third-order valence-corrected chi connectivity index (χ3v) is 2.56. The number of rotatable bonds is 1. The van der Waals surface area contributed by atoms with Crippen molar-refractivity contribution in [1.29, 1.82) is 0 Å². The van der Waals surface area contributed by atoms with Crippen molar-refractivity contribution in [1.82, 2.24) is 0 Å². The van der Waals surface area contributed by atoms with E-state index in [0.29, 0.717) is 5.41 Å². The van der Waals surface area contributed by atoms with E-state index in [0.717, 1.165) is 12.8 Å². The smallest absolute Gasteiger partial charge is 0.331 e. The van der Waals surface area contributed by atoms with E-state index >= 15 is 0 Å². The second-order valence-corrected chi connectivity index (χ2v) is 6.18. The van der Waals surface area contributed by atoms with Crippen molar-refractivity contribution in [3.63, 3.8) is 0 Å². The number of esters is 1. The van der Waals surface area contributed by atoms with Crippen molar-refractivity contribution in [3.8, 4) is 0 Å². The van der Waals surface area contributed by atoms with Crippen LogP contribution in [0.3, 0.4) is 0 Å². The van der Waals surface area contributed by atoms with Crippen molar-refractivity contribution in [2.75, 3.05) is 0 Å². The minimum absolute atomic E-state index is 0.199. The first-order valence-electron chi connectivity index (χ1n) is 5.60. The number of hydrogen-bond acceptors (Lipinski definition) is 2. The minimum atomic E-state index is -0.387. The summed E-state index contributed by atoms with van der Waals surface area (Å²) in [6.45, 7) is 10.2. The van der Waals surface area contributed by atoms with Crippen molar-refractivity contribution >= 4 is 5.97 Å². The highest BCUT2D eigenvalue weighted by molar-refractivity contribution is 5.83. The van der Waals surface area contributed by atoms with Crippen LogP contribution in [0.5, 0.6) is 0 Å². The van der Waals surface area contributed by atoms with Crippen LogP contribution in [0.4, 0.5) is 0 Å². The molecule has 1 fully saturated rings. The Kier molecular flexibility index (Phi) is 3.27. The van der Waals surface area contributed by atoms with Gasteiger partial charge in [0.05, 0.1) is 0 Å². The molecule has 15 heavy (non-hydrogen) atoms. The van der Waals surface area contributed by atoms with Crippen LogP contribution in [0.2, 0.25) is 0 Å². The average molecular weight is 210 g/mol. The molecule has 0 aliphatic heterocycles. The van der Waals surface area contributed by atoms with E-state index in [4.69, 9.17) is 4.74 Å². The fraction of sp³-hybridized carbons (Fsp3) is 0.769. The van der Waals surface area contributed by atoms with E-state index in [9.17, 15) is 4.79 Å². The molecule has 0 aromatic carbocycles. The van der Waals surface area contributed by atoms with Gasteiger partial charge in [0.25, 0.3) is 0 Å². The second kappa shape index (κ2) is 3.99. The van der Waals surface area contributed by atoms with E-state index in [1.165, 1.54) is 12.0 Å². The molecule has 1 saturated carbocycles. The molecule has 0 bridgehead atoms. The Bertz CT molecular complexity index is 279. The Labute approximate surface area is 92.7 Å². The Morgan fingerprint density at radius 2 is 2.00 bits per heavy atom. The maximum absolute atomic E-state index is 11.5. The molecule has 0 aromatic heterocycles. The number of carbonyl (C=O) groups is 1. The van der Waals surface area contributed by atoms with Gasteiger partial charge in [-0.25, -0.2) is 4.79 Å². The lowest BCUT2D eigenvalue weighted by molar-refractivity contribution is -0.148. The molecule has 0 amide bonds. The Morgan fingerprint density at radius 1 is 1.40 bits per heavy atom. The Balaban J connectivity index is 2.55. The zero-order chi connectivity index (χ0) is 11.7. The maximum Gasteiger partial charge on any atom is 0.331 e. The predicted molar refractivity (Wildman–Crippen MR) is 61.6 cm³/mol. The van der Waals surface area contributed by atoms with Crippen LogP contribution in [0.15, 0.2) is 11.6 Å². The molecule has 2 nitrogen and oxygen atoms in total. The largest absolute Gasteiger partial charge is 0.457 e. The van der Waals surface area contributed by atoms with Gasteiger partial charge in [0, 0.05) is 6.08 Å². The lowest BCUT2D eigenvalue weighted by atomic mass is 9.92. The Hall–Kier alpha value is -0.790. The third kappa shape index (κ3) is 4.50. The summed E-state index contributed by atoms with van der Waals surface area (Å²) >= 11 is 0. The molecular weight excluding hydrogens is 188 g/mol. The monoisotopic (exact) mass is 210 g/mol. The molecule has 0 atom stereocenters. The summed E-state index contributed by atoms with van der Waals surface area (Å²) in [4.78, 5) is 11.5. The van der Waals surface area contributed by atoms with E-state index in [-0.39, 0.29) is 11.6 Å². The standard InChI is InChI=1S/C13H22O2/c1-12(2,3)15-11(14)8-10-6-7-13(4,5)9-10/h8H,6-7,9H2,1-5H3/b10-8-. The van der Waals surface area contributed by atoms with Gasteiger partial charge in [-0.15, -0.1) is 0 Å². The Morgan fingerprint density at radius 3 is 2.40 bits per heavy atom. The summed E-state index contributed by atoms with van der Waals surface area (Å²) in [5, 5.41) is 0. The molecule has 1 aliphatic rings. The van der Waals surface area contributed by atoms with Crippen molar-refractivity contribution < 1.29 is 9.53 Å². The van der Waals surface area contributed by atoms with Gasteiger partial charge in [-0.3, -0.25) is 0 Å². The number of hydrogen-bond donors (Lipinski definition) is 0. The van der Waals surface area contributed by atoms with Crippen LogP contribution < -0.4 is 0 Å². The van der Waals surface area contributed by atoms with Crippen LogP contribution in [-0.2, 0) is 9.53 Å². The number of ether oxygens (including phenoxy) is 1. The molecule has 0 N–H and O–H groups in total. The van der Waals surface area contributed by atoms with Gasteiger partial charge in [-0.05, 0) is 45.4 Å². The topological polar surface area (TPSA) is 26.3 Å². The highest BCUT2D eigenvalue weighted by Gasteiger charge is 2.27. The van der Waals surface area contributed by atoms with Gasteiger partial charge >= 0.3 is 5.97 Å². The highest BCUT2D eigenvalue weighted by Crippen LogP contribution is 2.40. The van der Waals surface area contributed by atoms with E-state index in [1.807, 2.05) is 20.8 Å². The van der Waals surface area contributed by atoms with Gasteiger partial charge in [0.1, 0.15) is 5.60 Å². The molecular formula is C13H22O2. The van der Waals surface area contributed by atoms with Crippen LogP contribution in [0, 0.1) is 5.41 Å². The predicted octanol–water partition coefficient (Wildman–Crippen LogP) is 3.46. The lowest BCUT2D eigenvalue weighted by Gasteiger charge is -2.18. The molecule has 1 aliphatic carbocycles. The van der Waals surface area contributed by atoms with Gasteiger partial charge in [0.15, 0.2) is 0 Å². The molecule has 1 rings (SSSR count). The van der Waals surface area contributed by atoms with Crippen LogP contribution in [0.1, 0.15) is 53.9 Å². The van der Waals surface area contributed by atoms with Crippen molar-refractivity contribution in [2.45, 2.75) is 59.5 Å². The van der Waals surface area contributed by atoms with Crippen LogP contribution in [-0.4, -0.2) is 11.6 Å². The minimum Gasteiger partial charge on any atom is -0.457 e. The van der Waals surface area contributed by atoms with Gasteiger partial charge < -0.3 is 4.74 Å². The summed E-state index contributed by atoms with van der Waals surface area (Å²) in [7, 11) is 0. The molecule has 0 spiro atoms. The molecule has 0 aromatic rings. The quantitative estimate of drug-likeness (QED) is 0.489. The summed E-state index contributed by atoms with van der Waals surface area (Å²) in [6.07, 6.45) is 4.90. The summed E-state index contributed by atoms with van der Waals surface area (Å²) < 4.78 is 5.25. The zero-order valence-corrected chi connectivity index (χ0v) is 10.5. The second-order valence-electron chi connectivity index (χ2n) is 6.18. The first-order valence-corrected chi connectivity index (χ1v) is 5.60. The molecule has 2 heteroatoms. The third-order valence-electron chi connectivity index (χ3n) is 2.56. The number of carbonyl (C=O) groups excluding carboxylic acids is 1. The normalized spacial score (nSPS) is 23.1. The summed E-state index contributed by atoms with van der Waals surface area (Å²) in [5.41, 5.74) is 1.20. The maximum atomic E-state index is 11.5. The van der Waals surface area contributed by atoms with Gasteiger partial charge in [-0.1, -0.05) is 19.4 Å². The highest BCUT2D eigenvalue weighted by atomic mass is 16.6. The number of allylic oxidation sites excluding steroid dienone is 1. The van der Waals surface area contributed by atoms with Gasteiger partial charge in [0.2, 0.25) is 0 Å². The van der Waals surface area contributed by atoms with E-state index in [1.54, 1.807) is 6.08 Å².